The Morgan fingerprint density at radius 2 is 1.97 bits per heavy atom. The highest BCUT2D eigenvalue weighted by Gasteiger charge is 2.30. The van der Waals surface area contributed by atoms with Gasteiger partial charge in [0.15, 0.2) is 5.82 Å². The molecule has 1 saturated carbocycles. The monoisotopic (exact) mass is 392 g/mol. The highest BCUT2D eigenvalue weighted by atomic mass is 19.1. The summed E-state index contributed by atoms with van der Waals surface area (Å²) >= 11 is 0. The van der Waals surface area contributed by atoms with E-state index in [0.717, 1.165) is 24.2 Å². The lowest BCUT2D eigenvalue weighted by Gasteiger charge is -2.10. The Balaban J connectivity index is 1.23. The minimum absolute atomic E-state index is 0.281. The molecule has 29 heavy (non-hydrogen) atoms. The zero-order valence-corrected chi connectivity index (χ0v) is 15.3. The van der Waals surface area contributed by atoms with Gasteiger partial charge in [-0.15, -0.1) is 5.10 Å². The van der Waals surface area contributed by atoms with Gasteiger partial charge in [0.05, 0.1) is 11.8 Å². The minimum atomic E-state index is -0.755. The van der Waals surface area contributed by atoms with Gasteiger partial charge in [0.25, 0.3) is 5.91 Å². The summed E-state index contributed by atoms with van der Waals surface area (Å²) in [6.45, 7) is 0. The average Bonchev–Trinajstić information content (AvgIpc) is 3.25. The second-order valence-electron chi connectivity index (χ2n) is 7.09. The van der Waals surface area contributed by atoms with Crippen LogP contribution in [0.1, 0.15) is 30.9 Å². The topological polar surface area (TPSA) is 94.3 Å². The summed E-state index contributed by atoms with van der Waals surface area (Å²) in [5.74, 6) is 0.0549. The van der Waals surface area contributed by atoms with Crippen LogP contribution in [0, 0.1) is 5.82 Å². The maximum absolute atomic E-state index is 13.4. The number of nitrogens with zero attached hydrogens (tertiary/aromatic N) is 5. The van der Waals surface area contributed by atoms with E-state index < -0.39 is 6.10 Å². The number of anilines is 1. The van der Waals surface area contributed by atoms with Crippen molar-refractivity contribution in [1.29, 1.82) is 0 Å². The van der Waals surface area contributed by atoms with E-state index in [9.17, 15) is 9.18 Å². The normalized spacial score (nSPS) is 18.2. The van der Waals surface area contributed by atoms with Crippen molar-refractivity contribution >= 4 is 17.3 Å². The second-order valence-corrected chi connectivity index (χ2v) is 7.09. The van der Waals surface area contributed by atoms with Gasteiger partial charge in [-0.3, -0.25) is 4.79 Å². The number of tetrazole rings is 1. The van der Waals surface area contributed by atoms with E-state index in [-0.39, 0.29) is 18.1 Å². The number of aromatic nitrogens is 4. The van der Waals surface area contributed by atoms with Crippen molar-refractivity contribution in [2.45, 2.75) is 31.4 Å². The molecule has 1 amide bonds. The van der Waals surface area contributed by atoms with E-state index >= 15 is 0 Å². The molecule has 0 radical (unpaired) electrons. The third kappa shape index (κ3) is 3.58. The van der Waals surface area contributed by atoms with Crippen LogP contribution in [0.25, 0.3) is 11.4 Å². The summed E-state index contributed by atoms with van der Waals surface area (Å²) in [6.07, 6.45) is 1.71. The molecule has 1 aliphatic heterocycles. The number of carbonyl (C=O) groups is 1. The lowest BCUT2D eigenvalue weighted by molar-refractivity contribution is -0.125. The molecule has 1 atom stereocenters. The molecular weight excluding hydrogens is 375 g/mol. The van der Waals surface area contributed by atoms with Gasteiger partial charge in [-0.2, -0.15) is 0 Å². The first-order valence-electron chi connectivity index (χ1n) is 9.35. The van der Waals surface area contributed by atoms with Crippen LogP contribution < -0.4 is 5.32 Å². The molecule has 0 saturated heterocycles. The molecule has 1 fully saturated rings. The lowest BCUT2D eigenvalue weighted by atomic mass is 10.0. The number of rotatable bonds is 5. The molecule has 1 aromatic heterocycles. The predicted octanol–water partition coefficient (Wildman–Crippen LogP) is 2.95. The first-order valence-corrected chi connectivity index (χ1v) is 9.35. The third-order valence-corrected chi connectivity index (χ3v) is 4.92. The highest BCUT2D eigenvalue weighted by molar-refractivity contribution is 6.06. The Morgan fingerprint density at radius 3 is 2.72 bits per heavy atom. The van der Waals surface area contributed by atoms with Crippen LogP contribution in [0.3, 0.4) is 0 Å². The van der Waals surface area contributed by atoms with Crippen molar-refractivity contribution in [3.8, 4) is 11.4 Å². The van der Waals surface area contributed by atoms with Crippen molar-refractivity contribution < 1.29 is 14.0 Å². The summed E-state index contributed by atoms with van der Waals surface area (Å²) < 4.78 is 15.2. The Bertz CT molecular complexity index is 1090. The molecule has 2 aromatic carbocycles. The molecule has 0 spiro atoms. The molecule has 0 unspecified atom stereocenters. The lowest BCUT2D eigenvalue weighted by Crippen LogP contribution is -2.28. The maximum atomic E-state index is 13.4. The fraction of sp³-hybridized carbons (Fsp3) is 0.250. The number of oxime groups is 1. The average molecular weight is 392 g/mol. The SMILES string of the molecule is O=C(Nc1ccc(-c2nnnn2C2CC2)cc1)[C@H]1CC(c2cccc(F)c2)=NO1. The number of hydrogen-bond donors (Lipinski definition) is 1. The van der Waals surface area contributed by atoms with E-state index in [1.165, 1.54) is 12.1 Å². The van der Waals surface area contributed by atoms with Gasteiger partial charge in [-0.05, 0) is 59.7 Å². The highest BCUT2D eigenvalue weighted by Crippen LogP contribution is 2.36. The Hall–Kier alpha value is -3.62. The first-order chi connectivity index (χ1) is 14.2. The van der Waals surface area contributed by atoms with Crippen molar-refractivity contribution in [1.82, 2.24) is 20.2 Å². The van der Waals surface area contributed by atoms with Gasteiger partial charge < -0.3 is 10.2 Å². The van der Waals surface area contributed by atoms with Crippen molar-refractivity contribution in [3.63, 3.8) is 0 Å². The van der Waals surface area contributed by atoms with E-state index in [4.69, 9.17) is 4.84 Å². The number of hydrogen-bond acceptors (Lipinski definition) is 6. The summed E-state index contributed by atoms with van der Waals surface area (Å²) in [5.41, 5.74) is 2.67. The molecule has 1 aliphatic carbocycles. The minimum Gasteiger partial charge on any atom is -0.382 e. The van der Waals surface area contributed by atoms with Crippen LogP contribution in [0.5, 0.6) is 0 Å². The molecule has 9 heteroatoms. The van der Waals surface area contributed by atoms with Crippen LogP contribution in [-0.4, -0.2) is 37.9 Å². The molecule has 3 aromatic rings. The van der Waals surface area contributed by atoms with Crippen molar-refractivity contribution in [3.05, 3.63) is 59.9 Å². The molecule has 146 valence electrons. The second kappa shape index (κ2) is 7.08. The summed E-state index contributed by atoms with van der Waals surface area (Å²) in [4.78, 5) is 17.8. The molecule has 1 N–H and O–H groups in total. The van der Waals surface area contributed by atoms with Crippen LogP contribution in [0.2, 0.25) is 0 Å². The summed E-state index contributed by atoms with van der Waals surface area (Å²) in [7, 11) is 0. The van der Waals surface area contributed by atoms with Gasteiger partial charge in [0.2, 0.25) is 6.10 Å². The quantitative estimate of drug-likeness (QED) is 0.720. The molecular formula is C20H17FN6O2. The Kier molecular flexibility index (Phi) is 4.27. The largest absolute Gasteiger partial charge is 0.382 e. The number of nitrogens with one attached hydrogen (secondary N) is 1. The van der Waals surface area contributed by atoms with Crippen molar-refractivity contribution in [2.75, 3.05) is 5.32 Å². The van der Waals surface area contributed by atoms with Gasteiger partial charge in [-0.1, -0.05) is 17.3 Å². The van der Waals surface area contributed by atoms with Gasteiger partial charge in [0, 0.05) is 23.2 Å². The number of benzene rings is 2. The zero-order chi connectivity index (χ0) is 19.8. The summed E-state index contributed by atoms with van der Waals surface area (Å²) in [5, 5.41) is 18.7. The number of amides is 1. The number of halogens is 1. The molecule has 2 aliphatic rings. The standard InChI is InChI=1S/C20H17FN6O2/c21-14-3-1-2-13(10-14)17-11-18(29-24-17)20(28)22-15-6-4-12(5-7-15)19-23-25-26-27(19)16-8-9-16/h1-7,10,16,18H,8-9,11H2,(H,22,28)/t18-/m1/s1. The number of carbonyl (C=O) groups excluding carboxylic acids is 1. The van der Waals surface area contributed by atoms with Crippen molar-refractivity contribution in [2.24, 2.45) is 5.16 Å². The summed E-state index contributed by atoms with van der Waals surface area (Å²) in [6, 6.07) is 13.8. The molecule has 2 heterocycles. The van der Waals surface area contributed by atoms with E-state index in [0.29, 0.717) is 23.0 Å². The Labute approximate surface area is 165 Å². The first kappa shape index (κ1) is 17.5. The van der Waals surface area contributed by atoms with Crippen LogP contribution in [-0.2, 0) is 9.63 Å². The zero-order valence-electron chi connectivity index (χ0n) is 15.3. The predicted molar refractivity (Wildman–Crippen MR) is 103 cm³/mol. The van der Waals surface area contributed by atoms with E-state index in [1.54, 1.807) is 24.3 Å². The van der Waals surface area contributed by atoms with Gasteiger partial charge in [-0.25, -0.2) is 9.07 Å². The van der Waals surface area contributed by atoms with E-state index in [2.05, 4.69) is 26.0 Å². The van der Waals surface area contributed by atoms with Crippen LogP contribution >= 0.6 is 0 Å². The molecule has 8 nitrogen and oxygen atoms in total. The smallest absolute Gasteiger partial charge is 0.268 e. The molecule has 0 bridgehead atoms. The fourth-order valence-electron chi connectivity index (χ4n) is 3.23. The maximum Gasteiger partial charge on any atom is 0.268 e. The van der Waals surface area contributed by atoms with Gasteiger partial charge in [0.1, 0.15) is 5.82 Å². The van der Waals surface area contributed by atoms with E-state index in [1.807, 2.05) is 16.8 Å². The fourth-order valence-corrected chi connectivity index (χ4v) is 3.23. The molecule has 5 rings (SSSR count). The van der Waals surface area contributed by atoms with Crippen LogP contribution in [0.15, 0.2) is 53.7 Å². The van der Waals surface area contributed by atoms with Gasteiger partial charge >= 0.3 is 0 Å². The third-order valence-electron chi connectivity index (χ3n) is 4.92. The van der Waals surface area contributed by atoms with Crippen LogP contribution in [0.4, 0.5) is 10.1 Å². The Morgan fingerprint density at radius 1 is 1.14 bits per heavy atom.